The number of anilines is 3. The van der Waals surface area contributed by atoms with Gasteiger partial charge in [-0.25, -0.2) is 0 Å². The molecule has 3 heteroatoms. The Morgan fingerprint density at radius 1 is 1.06 bits per heavy atom. The van der Waals surface area contributed by atoms with Gasteiger partial charge in [0.25, 0.3) is 0 Å². The Hall–Kier alpha value is -2.03. The zero-order valence-corrected chi connectivity index (χ0v) is 11.1. The maximum Gasteiger partial charge on any atom is 0.0591 e. The Balaban J connectivity index is 2.22. The summed E-state index contributed by atoms with van der Waals surface area (Å²) >= 11 is 0. The molecule has 94 valence electrons. The maximum absolute atomic E-state index is 4.23. The van der Waals surface area contributed by atoms with Crippen molar-refractivity contribution in [1.29, 1.82) is 0 Å². The van der Waals surface area contributed by atoms with Gasteiger partial charge in [-0.3, -0.25) is 4.98 Å². The summed E-state index contributed by atoms with van der Waals surface area (Å²) in [6.07, 6.45) is 3.67. The van der Waals surface area contributed by atoms with Crippen LogP contribution in [-0.2, 0) is 0 Å². The standard InChI is InChI=1S/C15H19N3/c1-4-17-13-8-14(10-16-9-13)18-15-7-11(2)5-6-12(15)3/h5-10,17-18H,4H2,1-3H3. The highest BCUT2D eigenvalue weighted by atomic mass is 14.9. The molecule has 0 spiro atoms. The first-order chi connectivity index (χ1) is 8.69. The van der Waals surface area contributed by atoms with Gasteiger partial charge in [0.1, 0.15) is 0 Å². The summed E-state index contributed by atoms with van der Waals surface area (Å²) in [6, 6.07) is 8.46. The van der Waals surface area contributed by atoms with Gasteiger partial charge < -0.3 is 10.6 Å². The van der Waals surface area contributed by atoms with Gasteiger partial charge in [0, 0.05) is 12.2 Å². The van der Waals surface area contributed by atoms with Gasteiger partial charge in [0.05, 0.1) is 23.8 Å². The van der Waals surface area contributed by atoms with Crippen LogP contribution in [0.3, 0.4) is 0 Å². The lowest BCUT2D eigenvalue weighted by atomic mass is 10.1. The van der Waals surface area contributed by atoms with Crippen LogP contribution in [-0.4, -0.2) is 11.5 Å². The molecule has 1 heterocycles. The minimum absolute atomic E-state index is 0.897. The van der Waals surface area contributed by atoms with Crippen molar-refractivity contribution in [3.05, 3.63) is 47.8 Å². The fourth-order valence-electron chi connectivity index (χ4n) is 1.84. The molecule has 1 aromatic heterocycles. The number of benzene rings is 1. The predicted octanol–water partition coefficient (Wildman–Crippen LogP) is 3.87. The Morgan fingerprint density at radius 2 is 1.83 bits per heavy atom. The third-order valence-electron chi connectivity index (χ3n) is 2.79. The second kappa shape index (κ2) is 5.54. The molecular formula is C15H19N3. The molecular weight excluding hydrogens is 222 g/mol. The summed E-state index contributed by atoms with van der Waals surface area (Å²) < 4.78 is 0. The second-order valence-corrected chi connectivity index (χ2v) is 4.44. The number of nitrogens with zero attached hydrogens (tertiary/aromatic N) is 1. The van der Waals surface area contributed by atoms with Crippen LogP contribution in [0.2, 0.25) is 0 Å². The van der Waals surface area contributed by atoms with Gasteiger partial charge in [-0.15, -0.1) is 0 Å². The smallest absolute Gasteiger partial charge is 0.0591 e. The van der Waals surface area contributed by atoms with Gasteiger partial charge in [0.15, 0.2) is 0 Å². The first-order valence-electron chi connectivity index (χ1n) is 6.22. The van der Waals surface area contributed by atoms with Crippen molar-refractivity contribution in [2.45, 2.75) is 20.8 Å². The third kappa shape index (κ3) is 3.00. The van der Waals surface area contributed by atoms with Gasteiger partial charge in [-0.05, 0) is 44.0 Å². The molecule has 3 nitrogen and oxygen atoms in total. The van der Waals surface area contributed by atoms with E-state index in [0.29, 0.717) is 0 Å². The molecule has 2 aromatic rings. The third-order valence-corrected chi connectivity index (χ3v) is 2.79. The topological polar surface area (TPSA) is 37.0 Å². The van der Waals surface area contributed by atoms with Gasteiger partial charge in [-0.2, -0.15) is 0 Å². The van der Waals surface area contributed by atoms with Crippen LogP contribution in [0.4, 0.5) is 17.1 Å². The molecule has 0 bridgehead atoms. The van der Waals surface area contributed by atoms with E-state index in [1.54, 1.807) is 0 Å². The molecule has 0 aliphatic carbocycles. The number of hydrogen-bond acceptors (Lipinski definition) is 3. The van der Waals surface area contributed by atoms with E-state index in [2.05, 4.69) is 60.7 Å². The lowest BCUT2D eigenvalue weighted by molar-refractivity contribution is 1.19. The largest absolute Gasteiger partial charge is 0.384 e. The van der Waals surface area contributed by atoms with E-state index in [4.69, 9.17) is 0 Å². The molecule has 0 saturated carbocycles. The molecule has 0 aliphatic rings. The number of aryl methyl sites for hydroxylation is 2. The van der Waals surface area contributed by atoms with Crippen molar-refractivity contribution in [2.24, 2.45) is 0 Å². The molecule has 0 fully saturated rings. The summed E-state index contributed by atoms with van der Waals surface area (Å²) in [6.45, 7) is 7.17. The van der Waals surface area contributed by atoms with Crippen LogP contribution in [0.25, 0.3) is 0 Å². The quantitative estimate of drug-likeness (QED) is 0.853. The van der Waals surface area contributed by atoms with Crippen LogP contribution in [0, 0.1) is 13.8 Å². The van der Waals surface area contributed by atoms with Crippen LogP contribution in [0.1, 0.15) is 18.1 Å². The van der Waals surface area contributed by atoms with E-state index in [1.165, 1.54) is 11.1 Å². The van der Waals surface area contributed by atoms with Crippen LogP contribution >= 0.6 is 0 Å². The maximum atomic E-state index is 4.23. The molecule has 0 radical (unpaired) electrons. The minimum Gasteiger partial charge on any atom is -0.384 e. The van der Waals surface area contributed by atoms with E-state index in [-0.39, 0.29) is 0 Å². The predicted molar refractivity (Wildman–Crippen MR) is 77.6 cm³/mol. The van der Waals surface area contributed by atoms with Gasteiger partial charge >= 0.3 is 0 Å². The van der Waals surface area contributed by atoms with Crippen molar-refractivity contribution in [2.75, 3.05) is 17.2 Å². The van der Waals surface area contributed by atoms with E-state index >= 15 is 0 Å². The highest BCUT2D eigenvalue weighted by molar-refractivity contribution is 5.66. The molecule has 0 aliphatic heterocycles. The molecule has 0 amide bonds. The van der Waals surface area contributed by atoms with E-state index in [0.717, 1.165) is 23.6 Å². The highest BCUT2D eigenvalue weighted by Gasteiger charge is 2.00. The molecule has 0 saturated heterocycles. The molecule has 1 aromatic carbocycles. The average Bonchev–Trinajstić information content (AvgIpc) is 2.35. The molecule has 0 atom stereocenters. The summed E-state index contributed by atoms with van der Waals surface area (Å²) in [5.74, 6) is 0. The van der Waals surface area contributed by atoms with Crippen molar-refractivity contribution >= 4 is 17.1 Å². The van der Waals surface area contributed by atoms with E-state index in [9.17, 15) is 0 Å². The van der Waals surface area contributed by atoms with E-state index in [1.807, 2.05) is 12.4 Å². The Morgan fingerprint density at radius 3 is 2.61 bits per heavy atom. The Kier molecular flexibility index (Phi) is 3.82. The number of hydrogen-bond donors (Lipinski definition) is 2. The van der Waals surface area contributed by atoms with Crippen molar-refractivity contribution < 1.29 is 0 Å². The fraction of sp³-hybridized carbons (Fsp3) is 0.267. The normalized spacial score (nSPS) is 10.2. The monoisotopic (exact) mass is 241 g/mol. The fourth-order valence-corrected chi connectivity index (χ4v) is 1.84. The summed E-state index contributed by atoms with van der Waals surface area (Å²) in [7, 11) is 0. The van der Waals surface area contributed by atoms with Crippen molar-refractivity contribution in [1.82, 2.24) is 4.98 Å². The lowest BCUT2D eigenvalue weighted by Crippen LogP contribution is -1.99. The first kappa shape index (κ1) is 12.4. The summed E-state index contributed by atoms with van der Waals surface area (Å²) in [5.41, 5.74) is 5.65. The molecule has 18 heavy (non-hydrogen) atoms. The first-order valence-corrected chi connectivity index (χ1v) is 6.22. The molecule has 0 unspecified atom stereocenters. The van der Waals surface area contributed by atoms with Gasteiger partial charge in [-0.1, -0.05) is 12.1 Å². The summed E-state index contributed by atoms with van der Waals surface area (Å²) in [5, 5.41) is 6.67. The number of aromatic nitrogens is 1. The second-order valence-electron chi connectivity index (χ2n) is 4.44. The molecule has 2 N–H and O–H groups in total. The van der Waals surface area contributed by atoms with Gasteiger partial charge in [0.2, 0.25) is 0 Å². The minimum atomic E-state index is 0.897. The number of rotatable bonds is 4. The van der Waals surface area contributed by atoms with E-state index < -0.39 is 0 Å². The highest BCUT2D eigenvalue weighted by Crippen LogP contribution is 2.22. The Bertz CT molecular complexity index is 535. The SMILES string of the molecule is CCNc1cncc(Nc2cc(C)ccc2C)c1. The Labute approximate surface area is 108 Å². The zero-order chi connectivity index (χ0) is 13.0. The van der Waals surface area contributed by atoms with Crippen LogP contribution in [0.5, 0.6) is 0 Å². The number of nitrogens with one attached hydrogen (secondary N) is 2. The average molecular weight is 241 g/mol. The number of pyridine rings is 1. The van der Waals surface area contributed by atoms with Crippen LogP contribution in [0.15, 0.2) is 36.7 Å². The zero-order valence-electron chi connectivity index (χ0n) is 11.1. The lowest BCUT2D eigenvalue weighted by Gasteiger charge is -2.11. The molecule has 2 rings (SSSR count). The van der Waals surface area contributed by atoms with Crippen LogP contribution < -0.4 is 10.6 Å². The summed E-state index contributed by atoms with van der Waals surface area (Å²) in [4.78, 5) is 4.23. The van der Waals surface area contributed by atoms with Crippen molar-refractivity contribution in [3.63, 3.8) is 0 Å². The van der Waals surface area contributed by atoms with Crippen molar-refractivity contribution in [3.8, 4) is 0 Å².